The molecule has 0 amide bonds. The van der Waals surface area contributed by atoms with Crippen molar-refractivity contribution >= 4 is 113 Å². The number of benzene rings is 1. The van der Waals surface area contributed by atoms with E-state index in [1.165, 1.54) is 3.97 Å². The summed E-state index contributed by atoms with van der Waals surface area (Å²) in [7, 11) is 0. The third kappa shape index (κ3) is 4.75. The molecule has 2 aromatic rings. The van der Waals surface area contributed by atoms with Gasteiger partial charge in [0.15, 0.2) is 0 Å². The molecule has 1 aromatic carbocycles. The van der Waals surface area contributed by atoms with Gasteiger partial charge >= 0.3 is 5.69 Å². The highest BCUT2D eigenvalue weighted by atomic mass is 79.9. The number of rotatable bonds is 4. The first-order valence-corrected chi connectivity index (χ1v) is 9.93. The SMILES string of the molecule is O=c1c2ccccc2n(SC(Cl)(Cl)Br)c(=O)n1SC(Cl)(Cl)Br. The highest BCUT2D eigenvalue weighted by molar-refractivity contribution is 9.13. The molecule has 0 radical (unpaired) electrons. The molecule has 0 saturated heterocycles. The lowest BCUT2D eigenvalue weighted by atomic mass is 10.2. The summed E-state index contributed by atoms with van der Waals surface area (Å²) < 4.78 is -0.990. The number of para-hydroxylation sites is 1. The van der Waals surface area contributed by atoms with Gasteiger partial charge in [-0.25, -0.2) is 8.77 Å². The summed E-state index contributed by atoms with van der Waals surface area (Å²) in [6.07, 6.45) is 0. The second-order valence-corrected chi connectivity index (χ2v) is 14.9. The summed E-state index contributed by atoms with van der Waals surface area (Å²) in [6.45, 7) is 0. The van der Waals surface area contributed by atoms with Gasteiger partial charge in [-0.1, -0.05) is 58.5 Å². The van der Waals surface area contributed by atoms with Crippen molar-refractivity contribution in [2.24, 2.45) is 0 Å². The van der Waals surface area contributed by atoms with Gasteiger partial charge in [-0.2, -0.15) is 3.97 Å². The third-order valence-corrected chi connectivity index (χ3v) is 5.43. The van der Waals surface area contributed by atoms with Crippen molar-refractivity contribution < 1.29 is 0 Å². The molecule has 0 fully saturated rings. The predicted octanol–water partition coefficient (Wildman–Crippen LogP) is 5.12. The third-order valence-electron chi connectivity index (χ3n) is 2.27. The molecule has 0 atom stereocenters. The Morgan fingerprint density at radius 1 is 0.909 bits per heavy atom. The maximum atomic E-state index is 12.6. The first-order chi connectivity index (χ1) is 9.99. The zero-order valence-corrected chi connectivity index (χ0v) is 17.9. The quantitative estimate of drug-likeness (QED) is 0.497. The molecular formula is C10H4Br2Cl4N2O2S2. The monoisotopic (exact) mass is 546 g/mol. The molecule has 2 rings (SSSR count). The lowest BCUT2D eigenvalue weighted by molar-refractivity contribution is 0.981. The Bertz CT molecular complexity index is 829. The fourth-order valence-corrected chi connectivity index (χ4v) is 4.51. The first kappa shape index (κ1) is 19.3. The van der Waals surface area contributed by atoms with Crippen LogP contribution in [0.1, 0.15) is 0 Å². The molecule has 1 heterocycles. The predicted molar refractivity (Wildman–Crippen MR) is 105 cm³/mol. The van der Waals surface area contributed by atoms with Gasteiger partial charge in [0.2, 0.25) is 5.15 Å². The minimum Gasteiger partial charge on any atom is -0.267 e. The molecule has 0 unspecified atom stereocenters. The Hall–Kier alpha value is 0.980. The molecule has 0 saturated carbocycles. The van der Waals surface area contributed by atoms with Crippen LogP contribution in [0.4, 0.5) is 0 Å². The highest BCUT2D eigenvalue weighted by Crippen LogP contribution is 2.43. The first-order valence-electron chi connectivity index (χ1n) is 5.29. The maximum Gasteiger partial charge on any atom is 0.352 e. The molecule has 0 aliphatic rings. The van der Waals surface area contributed by atoms with Gasteiger partial charge in [0, 0.05) is 23.9 Å². The van der Waals surface area contributed by atoms with Crippen LogP contribution >= 0.6 is 102 Å². The number of aromatic nitrogens is 2. The Labute approximate surface area is 169 Å². The van der Waals surface area contributed by atoms with Crippen LogP contribution in [0.5, 0.6) is 0 Å². The molecule has 1 aromatic heterocycles. The molecule has 0 spiro atoms. The zero-order valence-electron chi connectivity index (χ0n) is 10.1. The van der Waals surface area contributed by atoms with E-state index in [-0.39, 0.29) is 5.39 Å². The molecule has 12 heteroatoms. The van der Waals surface area contributed by atoms with Gasteiger partial charge in [0.1, 0.15) is 0 Å². The lowest BCUT2D eigenvalue weighted by Gasteiger charge is -2.17. The molecule has 22 heavy (non-hydrogen) atoms. The number of hydrogen-bond acceptors (Lipinski definition) is 4. The van der Waals surface area contributed by atoms with Crippen LogP contribution in [0.3, 0.4) is 0 Å². The molecule has 0 N–H and O–H groups in total. The van der Waals surface area contributed by atoms with Gasteiger partial charge in [-0.05, 0) is 44.0 Å². The average Bonchev–Trinajstić information content (AvgIpc) is 2.37. The summed E-state index contributed by atoms with van der Waals surface area (Å²) in [4.78, 5) is 25.0. The summed E-state index contributed by atoms with van der Waals surface area (Å²) >= 11 is 30.8. The van der Waals surface area contributed by atoms with E-state index in [2.05, 4.69) is 31.9 Å². The Morgan fingerprint density at radius 3 is 1.95 bits per heavy atom. The van der Waals surface area contributed by atoms with Crippen LogP contribution in [0, 0.1) is 0 Å². The Morgan fingerprint density at radius 2 is 1.41 bits per heavy atom. The number of halogens is 6. The van der Waals surface area contributed by atoms with Gasteiger partial charge in [-0.3, -0.25) is 4.79 Å². The van der Waals surface area contributed by atoms with E-state index in [1.54, 1.807) is 24.3 Å². The summed E-state index contributed by atoms with van der Waals surface area (Å²) in [5.41, 5.74) is -0.861. The number of fused-ring (bicyclic) bond motifs is 1. The molecule has 0 aliphatic heterocycles. The minimum absolute atomic E-state index is 0.289. The second kappa shape index (κ2) is 7.07. The Balaban J connectivity index is 2.82. The number of alkyl halides is 6. The summed E-state index contributed by atoms with van der Waals surface area (Å²) in [5, 5.41) is 0.289. The van der Waals surface area contributed by atoms with E-state index in [4.69, 9.17) is 46.4 Å². The van der Waals surface area contributed by atoms with Crippen LogP contribution in [0.2, 0.25) is 0 Å². The van der Waals surface area contributed by atoms with Gasteiger partial charge in [0.25, 0.3) is 5.56 Å². The molecule has 4 nitrogen and oxygen atoms in total. The molecule has 0 bridgehead atoms. The standard InChI is InChI=1S/C10H4Br2Cl4N2O2S2/c11-9(13,14)21-17-6-4-2-1-3-5(6)7(19)18(8(17)20)22-10(12,15)16/h1-4H. The zero-order chi connectivity index (χ0) is 16.7. The van der Waals surface area contributed by atoms with Gasteiger partial charge in [0.05, 0.1) is 10.9 Å². The van der Waals surface area contributed by atoms with Gasteiger partial charge in [-0.15, -0.1) is 0 Å². The number of nitrogens with zero attached hydrogens (tertiary/aromatic N) is 2. The van der Waals surface area contributed by atoms with Crippen molar-refractivity contribution in [2.45, 2.75) is 5.15 Å². The minimum atomic E-state index is -1.55. The van der Waals surface area contributed by atoms with Crippen molar-refractivity contribution in [3.05, 3.63) is 45.1 Å². The molecule has 120 valence electrons. The van der Waals surface area contributed by atoms with E-state index in [1.807, 2.05) is 0 Å². The Kier molecular flexibility index (Phi) is 6.21. The fraction of sp³-hybridized carbons (Fsp3) is 0.200. The fourth-order valence-electron chi connectivity index (χ4n) is 1.59. The highest BCUT2D eigenvalue weighted by Gasteiger charge is 2.28. The van der Waals surface area contributed by atoms with E-state index >= 15 is 0 Å². The lowest BCUT2D eigenvalue weighted by Crippen LogP contribution is -2.37. The summed E-state index contributed by atoms with van der Waals surface area (Å²) in [6, 6.07) is 6.53. The van der Waals surface area contributed by atoms with E-state index in [0.717, 1.165) is 15.9 Å². The van der Waals surface area contributed by atoms with Crippen molar-refractivity contribution in [1.82, 2.24) is 7.94 Å². The van der Waals surface area contributed by atoms with Crippen molar-refractivity contribution in [3.63, 3.8) is 0 Å². The van der Waals surface area contributed by atoms with Crippen molar-refractivity contribution in [1.29, 1.82) is 0 Å². The van der Waals surface area contributed by atoms with Crippen LogP contribution in [0.15, 0.2) is 33.9 Å². The second-order valence-electron chi connectivity index (χ2n) is 3.77. The van der Waals surface area contributed by atoms with Crippen LogP contribution in [-0.2, 0) is 0 Å². The smallest absolute Gasteiger partial charge is 0.267 e. The average molecular weight is 550 g/mol. The maximum absolute atomic E-state index is 12.6. The van der Waals surface area contributed by atoms with E-state index < -0.39 is 16.4 Å². The molecule has 0 aliphatic carbocycles. The van der Waals surface area contributed by atoms with Crippen LogP contribution in [-0.4, -0.2) is 13.1 Å². The van der Waals surface area contributed by atoms with Crippen LogP contribution in [0.25, 0.3) is 10.9 Å². The van der Waals surface area contributed by atoms with Gasteiger partial charge < -0.3 is 0 Å². The largest absolute Gasteiger partial charge is 0.352 e. The van der Waals surface area contributed by atoms with Crippen molar-refractivity contribution in [2.75, 3.05) is 0 Å². The van der Waals surface area contributed by atoms with Crippen LogP contribution < -0.4 is 11.2 Å². The van der Waals surface area contributed by atoms with E-state index in [0.29, 0.717) is 17.5 Å². The van der Waals surface area contributed by atoms with Crippen molar-refractivity contribution in [3.8, 4) is 0 Å². The molecular weight excluding hydrogens is 546 g/mol. The topological polar surface area (TPSA) is 44.0 Å². The summed E-state index contributed by atoms with van der Waals surface area (Å²) in [5.74, 6) is 0. The van der Waals surface area contributed by atoms with E-state index in [9.17, 15) is 9.59 Å². The number of hydrogen-bond donors (Lipinski definition) is 0. The normalized spacial score (nSPS) is 12.8.